The molecule has 0 saturated carbocycles. The van der Waals surface area contributed by atoms with Crippen LogP contribution in [0, 0.1) is 0 Å². The average Bonchev–Trinajstić information content (AvgIpc) is 2.92. The van der Waals surface area contributed by atoms with Gasteiger partial charge in [-0.15, -0.1) is 0 Å². The molecule has 4 nitrogen and oxygen atoms in total. The molecule has 0 fully saturated rings. The van der Waals surface area contributed by atoms with E-state index in [2.05, 4.69) is 9.97 Å². The zero-order valence-electron chi connectivity index (χ0n) is 10.3. The van der Waals surface area contributed by atoms with Gasteiger partial charge >= 0.3 is 0 Å². The molecular weight excluding hydrogens is 276 g/mol. The van der Waals surface area contributed by atoms with E-state index in [0.717, 1.165) is 11.3 Å². The number of rotatable bonds is 2. The summed E-state index contributed by atoms with van der Waals surface area (Å²) in [6.07, 6.45) is 1.71. The van der Waals surface area contributed by atoms with Gasteiger partial charge in [0.15, 0.2) is 11.5 Å². The maximum absolute atomic E-state index is 9.51. The molecular formula is C15H11ClN2O2. The molecule has 0 spiro atoms. The minimum atomic E-state index is -0.174. The van der Waals surface area contributed by atoms with Crippen molar-refractivity contribution >= 4 is 11.6 Å². The van der Waals surface area contributed by atoms with Gasteiger partial charge in [-0.1, -0.05) is 23.7 Å². The van der Waals surface area contributed by atoms with Gasteiger partial charge in [-0.3, -0.25) is 0 Å². The van der Waals surface area contributed by atoms with Gasteiger partial charge in [-0.25, -0.2) is 4.98 Å². The number of benzene rings is 2. The van der Waals surface area contributed by atoms with Gasteiger partial charge in [-0.05, 0) is 35.9 Å². The average molecular weight is 287 g/mol. The first-order valence-corrected chi connectivity index (χ1v) is 6.34. The first kappa shape index (κ1) is 12.6. The summed E-state index contributed by atoms with van der Waals surface area (Å²) in [5.41, 5.74) is 2.51. The van der Waals surface area contributed by atoms with Crippen LogP contribution in [0.4, 0.5) is 0 Å². The molecule has 0 saturated heterocycles. The maximum Gasteiger partial charge on any atom is 0.158 e. The number of imidazole rings is 1. The third kappa shape index (κ3) is 2.33. The first-order valence-electron chi connectivity index (χ1n) is 5.97. The Morgan fingerprint density at radius 2 is 1.60 bits per heavy atom. The van der Waals surface area contributed by atoms with Gasteiger partial charge in [0.1, 0.15) is 5.82 Å². The van der Waals surface area contributed by atoms with Crippen molar-refractivity contribution in [3.05, 3.63) is 53.7 Å². The van der Waals surface area contributed by atoms with Crippen LogP contribution in [0.15, 0.2) is 48.7 Å². The molecule has 0 radical (unpaired) electrons. The van der Waals surface area contributed by atoms with E-state index in [1.54, 1.807) is 12.3 Å². The number of halogens is 1. The first-order chi connectivity index (χ1) is 9.63. The number of phenolic OH excluding ortho intramolecular Hbond substituents is 2. The summed E-state index contributed by atoms with van der Waals surface area (Å²) < 4.78 is 0. The van der Waals surface area contributed by atoms with E-state index in [0.29, 0.717) is 16.4 Å². The van der Waals surface area contributed by atoms with Crippen molar-refractivity contribution in [3.63, 3.8) is 0 Å². The van der Waals surface area contributed by atoms with Crippen molar-refractivity contribution < 1.29 is 10.2 Å². The highest BCUT2D eigenvalue weighted by Crippen LogP contribution is 2.30. The van der Waals surface area contributed by atoms with Gasteiger partial charge in [0, 0.05) is 10.6 Å². The quantitative estimate of drug-likeness (QED) is 0.628. The van der Waals surface area contributed by atoms with Crippen LogP contribution >= 0.6 is 11.6 Å². The molecule has 5 heteroatoms. The van der Waals surface area contributed by atoms with E-state index in [9.17, 15) is 10.2 Å². The highest BCUT2D eigenvalue weighted by molar-refractivity contribution is 6.30. The molecule has 2 aromatic carbocycles. The third-order valence-corrected chi connectivity index (χ3v) is 3.23. The molecule has 0 aliphatic heterocycles. The Bertz CT molecular complexity index is 751. The molecule has 3 rings (SSSR count). The lowest BCUT2D eigenvalue weighted by Crippen LogP contribution is -1.81. The number of nitrogens with one attached hydrogen (secondary N) is 1. The monoisotopic (exact) mass is 286 g/mol. The Hall–Kier alpha value is -2.46. The number of aromatic nitrogens is 2. The number of aromatic hydroxyl groups is 2. The molecule has 1 aromatic heterocycles. The van der Waals surface area contributed by atoms with E-state index >= 15 is 0 Å². The molecule has 100 valence electrons. The second-order valence-corrected chi connectivity index (χ2v) is 4.79. The smallest absolute Gasteiger partial charge is 0.158 e. The lowest BCUT2D eigenvalue weighted by atomic mass is 10.2. The number of H-pyrrole nitrogens is 1. The number of hydrogen-bond donors (Lipinski definition) is 3. The second kappa shape index (κ2) is 4.90. The van der Waals surface area contributed by atoms with Gasteiger partial charge in [0.2, 0.25) is 0 Å². The molecule has 1 heterocycles. The molecule has 0 amide bonds. The summed E-state index contributed by atoms with van der Waals surface area (Å²) in [6, 6.07) is 12.0. The predicted molar refractivity (Wildman–Crippen MR) is 77.8 cm³/mol. The highest BCUT2D eigenvalue weighted by Gasteiger charge is 2.08. The standard InChI is InChI=1S/C15H11ClN2O2/c16-11-4-1-9(2-5-11)12-8-17-15(18-12)10-3-6-13(19)14(20)7-10/h1-8,19-20H,(H,17,18). The number of hydrogen-bond acceptors (Lipinski definition) is 3. The molecule has 3 aromatic rings. The Labute approximate surface area is 120 Å². The van der Waals surface area contributed by atoms with Gasteiger partial charge in [-0.2, -0.15) is 0 Å². The molecule has 0 atom stereocenters. The highest BCUT2D eigenvalue weighted by atomic mass is 35.5. The van der Waals surface area contributed by atoms with Crippen LogP contribution in [0.2, 0.25) is 5.02 Å². The minimum Gasteiger partial charge on any atom is -0.504 e. The Morgan fingerprint density at radius 1 is 0.900 bits per heavy atom. The van der Waals surface area contributed by atoms with E-state index in [-0.39, 0.29) is 11.5 Å². The topological polar surface area (TPSA) is 69.1 Å². The number of aromatic amines is 1. The molecule has 0 bridgehead atoms. The summed E-state index contributed by atoms with van der Waals surface area (Å²) in [4.78, 5) is 7.44. The molecule has 3 N–H and O–H groups in total. The molecule has 20 heavy (non-hydrogen) atoms. The second-order valence-electron chi connectivity index (χ2n) is 4.36. The number of phenols is 2. The fourth-order valence-corrected chi connectivity index (χ4v) is 2.04. The Kier molecular flexibility index (Phi) is 3.08. The minimum absolute atomic E-state index is 0.154. The largest absolute Gasteiger partial charge is 0.504 e. The van der Waals surface area contributed by atoms with E-state index in [4.69, 9.17) is 11.6 Å². The third-order valence-electron chi connectivity index (χ3n) is 2.98. The summed E-state index contributed by atoms with van der Waals surface area (Å²) >= 11 is 5.86. The zero-order valence-corrected chi connectivity index (χ0v) is 11.1. The summed E-state index contributed by atoms with van der Waals surface area (Å²) in [6.45, 7) is 0. The van der Waals surface area contributed by atoms with Crippen LogP contribution in [0.1, 0.15) is 0 Å². The normalized spacial score (nSPS) is 10.7. The van der Waals surface area contributed by atoms with Crippen molar-refractivity contribution in [1.82, 2.24) is 9.97 Å². The summed E-state index contributed by atoms with van der Waals surface area (Å²) in [5, 5.41) is 19.5. The van der Waals surface area contributed by atoms with Crippen LogP contribution < -0.4 is 0 Å². The van der Waals surface area contributed by atoms with E-state index < -0.39 is 0 Å². The lowest BCUT2D eigenvalue weighted by Gasteiger charge is -2.01. The van der Waals surface area contributed by atoms with Crippen molar-refractivity contribution in [2.24, 2.45) is 0 Å². The van der Waals surface area contributed by atoms with E-state index in [1.165, 1.54) is 12.1 Å². The van der Waals surface area contributed by atoms with Crippen molar-refractivity contribution in [3.8, 4) is 34.1 Å². The van der Waals surface area contributed by atoms with Gasteiger partial charge in [0.25, 0.3) is 0 Å². The van der Waals surface area contributed by atoms with Crippen molar-refractivity contribution in [2.75, 3.05) is 0 Å². The van der Waals surface area contributed by atoms with Crippen LogP contribution in [0.3, 0.4) is 0 Å². The Balaban J connectivity index is 1.97. The fourth-order valence-electron chi connectivity index (χ4n) is 1.91. The van der Waals surface area contributed by atoms with Crippen LogP contribution in [0.25, 0.3) is 22.6 Å². The maximum atomic E-state index is 9.51. The van der Waals surface area contributed by atoms with Gasteiger partial charge in [0.05, 0.1) is 11.9 Å². The van der Waals surface area contributed by atoms with Crippen LogP contribution in [-0.2, 0) is 0 Å². The van der Waals surface area contributed by atoms with Crippen LogP contribution in [0.5, 0.6) is 11.5 Å². The molecule has 0 unspecified atom stereocenters. The SMILES string of the molecule is Oc1ccc(-c2ncc(-c3ccc(Cl)cc3)[nH]2)cc1O. The summed E-state index contributed by atoms with van der Waals surface area (Å²) in [5.74, 6) is 0.287. The Morgan fingerprint density at radius 3 is 2.30 bits per heavy atom. The lowest BCUT2D eigenvalue weighted by molar-refractivity contribution is 0.404. The van der Waals surface area contributed by atoms with Crippen molar-refractivity contribution in [1.29, 1.82) is 0 Å². The zero-order chi connectivity index (χ0) is 14.1. The fraction of sp³-hybridized carbons (Fsp3) is 0. The van der Waals surface area contributed by atoms with Gasteiger partial charge < -0.3 is 15.2 Å². The van der Waals surface area contributed by atoms with E-state index in [1.807, 2.05) is 24.3 Å². The molecule has 0 aliphatic rings. The summed E-state index contributed by atoms with van der Waals surface area (Å²) in [7, 11) is 0. The van der Waals surface area contributed by atoms with Crippen LogP contribution in [-0.4, -0.2) is 20.2 Å². The predicted octanol–water partition coefficient (Wildman–Crippen LogP) is 3.81. The van der Waals surface area contributed by atoms with Crippen molar-refractivity contribution in [2.45, 2.75) is 0 Å². The number of nitrogens with zero attached hydrogens (tertiary/aromatic N) is 1. The molecule has 0 aliphatic carbocycles.